The van der Waals surface area contributed by atoms with Gasteiger partial charge in [0.25, 0.3) is 0 Å². The Morgan fingerprint density at radius 2 is 1.85 bits per heavy atom. The van der Waals surface area contributed by atoms with Crippen LogP contribution >= 0.6 is 15.9 Å². The highest BCUT2D eigenvalue weighted by atomic mass is 79.9. The molecule has 0 unspecified atom stereocenters. The van der Waals surface area contributed by atoms with Gasteiger partial charge in [0.05, 0.1) is 13.7 Å². The monoisotopic (exact) mass is 335 g/mol. The molecule has 2 rings (SSSR count). The zero-order chi connectivity index (χ0) is 14.5. The second-order valence-corrected chi connectivity index (χ2v) is 5.49. The van der Waals surface area contributed by atoms with Crippen LogP contribution in [0, 0.1) is 0 Å². The SMILES string of the molecule is COc1ccc(CN(C)c2ccc(CO)c(Br)c2)cc1. The average Bonchev–Trinajstić information content (AvgIpc) is 2.48. The Balaban J connectivity index is 2.10. The van der Waals surface area contributed by atoms with Crippen LogP contribution in [0.5, 0.6) is 5.75 Å². The summed E-state index contributed by atoms with van der Waals surface area (Å²) in [6.07, 6.45) is 0. The number of aliphatic hydroxyl groups excluding tert-OH is 1. The van der Waals surface area contributed by atoms with E-state index in [4.69, 9.17) is 4.74 Å². The van der Waals surface area contributed by atoms with Gasteiger partial charge in [-0.15, -0.1) is 0 Å². The normalized spacial score (nSPS) is 10.4. The molecule has 2 aromatic rings. The lowest BCUT2D eigenvalue weighted by atomic mass is 10.1. The van der Waals surface area contributed by atoms with Crippen molar-refractivity contribution in [2.24, 2.45) is 0 Å². The summed E-state index contributed by atoms with van der Waals surface area (Å²) in [5.41, 5.74) is 3.21. The third-order valence-corrected chi connectivity index (χ3v) is 3.96. The fourth-order valence-electron chi connectivity index (χ4n) is 2.00. The third kappa shape index (κ3) is 3.52. The van der Waals surface area contributed by atoms with Crippen molar-refractivity contribution in [3.8, 4) is 5.75 Å². The van der Waals surface area contributed by atoms with E-state index in [9.17, 15) is 5.11 Å². The van der Waals surface area contributed by atoms with Gasteiger partial charge in [-0.25, -0.2) is 0 Å². The molecule has 0 amide bonds. The predicted octanol–water partition coefficient (Wildman–Crippen LogP) is 3.59. The Morgan fingerprint density at radius 3 is 2.40 bits per heavy atom. The second-order valence-electron chi connectivity index (χ2n) is 4.64. The maximum absolute atomic E-state index is 9.18. The predicted molar refractivity (Wildman–Crippen MR) is 85.2 cm³/mol. The van der Waals surface area contributed by atoms with Crippen molar-refractivity contribution in [2.75, 3.05) is 19.1 Å². The molecule has 0 spiro atoms. The summed E-state index contributed by atoms with van der Waals surface area (Å²) >= 11 is 3.48. The summed E-state index contributed by atoms with van der Waals surface area (Å²) in [5, 5.41) is 9.18. The van der Waals surface area contributed by atoms with Gasteiger partial charge in [-0.3, -0.25) is 0 Å². The fourth-order valence-corrected chi connectivity index (χ4v) is 2.49. The highest BCUT2D eigenvalue weighted by molar-refractivity contribution is 9.10. The van der Waals surface area contributed by atoms with E-state index in [-0.39, 0.29) is 6.61 Å². The van der Waals surface area contributed by atoms with E-state index in [1.54, 1.807) is 7.11 Å². The van der Waals surface area contributed by atoms with Gasteiger partial charge in [-0.2, -0.15) is 0 Å². The summed E-state index contributed by atoms with van der Waals surface area (Å²) < 4.78 is 6.09. The van der Waals surface area contributed by atoms with E-state index in [0.29, 0.717) is 0 Å². The van der Waals surface area contributed by atoms with Crippen LogP contribution < -0.4 is 9.64 Å². The number of methoxy groups -OCH3 is 1. The summed E-state index contributed by atoms with van der Waals surface area (Å²) in [4.78, 5) is 2.16. The van der Waals surface area contributed by atoms with Crippen molar-refractivity contribution < 1.29 is 9.84 Å². The van der Waals surface area contributed by atoms with Gasteiger partial charge >= 0.3 is 0 Å². The molecule has 0 heterocycles. The molecule has 0 aliphatic carbocycles. The summed E-state index contributed by atoms with van der Waals surface area (Å²) in [6.45, 7) is 0.859. The standard InChI is InChI=1S/C16H18BrNO2/c1-18(10-12-3-7-15(20-2)8-4-12)14-6-5-13(11-19)16(17)9-14/h3-9,19H,10-11H2,1-2H3. The van der Waals surface area contributed by atoms with Gasteiger partial charge in [0.2, 0.25) is 0 Å². The Kier molecular flexibility index (Phi) is 5.04. The molecule has 0 radical (unpaired) electrons. The number of nitrogens with zero attached hydrogens (tertiary/aromatic N) is 1. The number of rotatable bonds is 5. The largest absolute Gasteiger partial charge is 0.497 e. The Morgan fingerprint density at radius 1 is 1.15 bits per heavy atom. The van der Waals surface area contributed by atoms with E-state index in [1.165, 1.54) is 5.56 Å². The minimum absolute atomic E-state index is 0.0447. The molecule has 20 heavy (non-hydrogen) atoms. The molecule has 0 saturated carbocycles. The smallest absolute Gasteiger partial charge is 0.118 e. The van der Waals surface area contributed by atoms with Crippen LogP contribution in [0.1, 0.15) is 11.1 Å². The zero-order valence-electron chi connectivity index (χ0n) is 11.6. The Hall–Kier alpha value is -1.52. The first kappa shape index (κ1) is 14.9. The molecule has 0 aliphatic rings. The number of benzene rings is 2. The van der Waals surface area contributed by atoms with Crippen LogP contribution in [-0.4, -0.2) is 19.3 Å². The first-order valence-electron chi connectivity index (χ1n) is 6.37. The van der Waals surface area contributed by atoms with Crippen molar-refractivity contribution in [1.82, 2.24) is 0 Å². The number of anilines is 1. The average molecular weight is 336 g/mol. The molecular formula is C16H18BrNO2. The van der Waals surface area contributed by atoms with E-state index >= 15 is 0 Å². The maximum atomic E-state index is 9.18. The number of aliphatic hydroxyl groups is 1. The molecular weight excluding hydrogens is 318 g/mol. The van der Waals surface area contributed by atoms with Gasteiger partial charge in [-0.05, 0) is 35.4 Å². The molecule has 1 N–H and O–H groups in total. The van der Waals surface area contributed by atoms with Crippen LogP contribution in [0.2, 0.25) is 0 Å². The van der Waals surface area contributed by atoms with E-state index in [2.05, 4.69) is 33.0 Å². The molecule has 0 saturated heterocycles. The number of ether oxygens (including phenoxy) is 1. The highest BCUT2D eigenvalue weighted by Crippen LogP contribution is 2.25. The number of hydrogen-bond acceptors (Lipinski definition) is 3. The van der Waals surface area contributed by atoms with Crippen LogP contribution in [0.25, 0.3) is 0 Å². The maximum Gasteiger partial charge on any atom is 0.118 e. The van der Waals surface area contributed by atoms with Crippen molar-refractivity contribution in [2.45, 2.75) is 13.2 Å². The van der Waals surface area contributed by atoms with E-state index < -0.39 is 0 Å². The highest BCUT2D eigenvalue weighted by Gasteiger charge is 2.06. The fraction of sp³-hybridized carbons (Fsp3) is 0.250. The van der Waals surface area contributed by atoms with Gasteiger partial charge in [-0.1, -0.05) is 34.1 Å². The Labute approximate surface area is 127 Å². The minimum Gasteiger partial charge on any atom is -0.497 e. The Bertz CT molecular complexity index is 569. The summed E-state index contributed by atoms with van der Waals surface area (Å²) in [7, 11) is 3.71. The molecule has 0 bridgehead atoms. The van der Waals surface area contributed by atoms with Gasteiger partial charge in [0.1, 0.15) is 5.75 Å². The number of hydrogen-bond donors (Lipinski definition) is 1. The lowest BCUT2D eigenvalue weighted by molar-refractivity contribution is 0.281. The molecule has 0 atom stereocenters. The summed E-state index contributed by atoms with van der Waals surface area (Å²) in [5.74, 6) is 0.867. The number of halogens is 1. The molecule has 4 heteroatoms. The molecule has 2 aromatic carbocycles. The first-order valence-corrected chi connectivity index (χ1v) is 7.16. The van der Waals surface area contributed by atoms with Crippen molar-refractivity contribution in [1.29, 1.82) is 0 Å². The van der Waals surface area contributed by atoms with Crippen molar-refractivity contribution in [3.63, 3.8) is 0 Å². The van der Waals surface area contributed by atoms with Crippen molar-refractivity contribution >= 4 is 21.6 Å². The van der Waals surface area contributed by atoms with Crippen molar-refractivity contribution in [3.05, 3.63) is 58.1 Å². The van der Waals surface area contributed by atoms with Crippen LogP contribution in [0.15, 0.2) is 46.9 Å². The zero-order valence-corrected chi connectivity index (χ0v) is 13.2. The van der Waals surface area contributed by atoms with Crippen LogP contribution in [0.3, 0.4) is 0 Å². The van der Waals surface area contributed by atoms with Crippen LogP contribution in [-0.2, 0) is 13.2 Å². The quantitative estimate of drug-likeness (QED) is 0.906. The van der Waals surface area contributed by atoms with Gasteiger partial charge in [0, 0.05) is 23.8 Å². The van der Waals surface area contributed by atoms with E-state index in [0.717, 1.165) is 28.0 Å². The molecule has 0 aromatic heterocycles. The third-order valence-electron chi connectivity index (χ3n) is 3.23. The van der Waals surface area contributed by atoms with E-state index in [1.807, 2.05) is 37.4 Å². The minimum atomic E-state index is 0.0447. The van der Waals surface area contributed by atoms with Gasteiger partial charge < -0.3 is 14.7 Å². The lowest BCUT2D eigenvalue weighted by Gasteiger charge is -2.20. The molecule has 0 aliphatic heterocycles. The lowest BCUT2D eigenvalue weighted by Crippen LogP contribution is -2.16. The topological polar surface area (TPSA) is 32.7 Å². The van der Waals surface area contributed by atoms with Crippen LogP contribution in [0.4, 0.5) is 5.69 Å². The van der Waals surface area contributed by atoms with Gasteiger partial charge in [0.15, 0.2) is 0 Å². The first-order chi connectivity index (χ1) is 9.63. The molecule has 106 valence electrons. The molecule has 3 nitrogen and oxygen atoms in total. The second kappa shape index (κ2) is 6.77. The summed E-state index contributed by atoms with van der Waals surface area (Å²) in [6, 6.07) is 14.0. The molecule has 0 fully saturated rings.